The summed E-state index contributed by atoms with van der Waals surface area (Å²) in [5.41, 5.74) is 2.13. The van der Waals surface area contributed by atoms with Gasteiger partial charge in [0.25, 0.3) is 0 Å². The molecule has 1 aromatic heterocycles. The van der Waals surface area contributed by atoms with Crippen molar-refractivity contribution in [3.8, 4) is 5.88 Å². The Morgan fingerprint density at radius 1 is 1.31 bits per heavy atom. The number of methoxy groups -OCH3 is 1. The first-order valence-electron chi connectivity index (χ1n) is 5.42. The van der Waals surface area contributed by atoms with Crippen molar-refractivity contribution in [2.24, 2.45) is 0 Å². The topological polar surface area (TPSA) is 34.2 Å². The number of nitrogens with zero attached hydrogens (tertiary/aromatic N) is 1. The summed E-state index contributed by atoms with van der Waals surface area (Å²) in [6, 6.07) is 10.2. The number of benzene rings is 1. The van der Waals surface area contributed by atoms with E-state index in [1.54, 1.807) is 7.11 Å². The summed E-state index contributed by atoms with van der Waals surface area (Å²) >= 11 is 0. The molecule has 0 aliphatic carbocycles. The average molecular weight is 216 g/mol. The third-order valence-electron chi connectivity index (χ3n) is 2.60. The number of ether oxygens (including phenoxy) is 1. The van der Waals surface area contributed by atoms with Gasteiger partial charge in [-0.1, -0.05) is 18.2 Å². The van der Waals surface area contributed by atoms with Crippen LogP contribution in [0.3, 0.4) is 0 Å². The van der Waals surface area contributed by atoms with Crippen molar-refractivity contribution in [2.75, 3.05) is 20.7 Å². The van der Waals surface area contributed by atoms with Gasteiger partial charge in [0.05, 0.1) is 12.6 Å². The van der Waals surface area contributed by atoms with E-state index in [1.165, 1.54) is 0 Å². The Morgan fingerprint density at radius 2 is 2.12 bits per heavy atom. The van der Waals surface area contributed by atoms with Crippen LogP contribution in [0.15, 0.2) is 30.3 Å². The van der Waals surface area contributed by atoms with Crippen LogP contribution in [0.1, 0.15) is 5.56 Å². The van der Waals surface area contributed by atoms with Crippen molar-refractivity contribution in [1.82, 2.24) is 10.3 Å². The summed E-state index contributed by atoms with van der Waals surface area (Å²) in [6.45, 7) is 0.927. The molecule has 3 nitrogen and oxygen atoms in total. The van der Waals surface area contributed by atoms with Crippen molar-refractivity contribution in [3.05, 3.63) is 35.9 Å². The van der Waals surface area contributed by atoms with Gasteiger partial charge in [-0.2, -0.15) is 0 Å². The molecule has 2 rings (SSSR count). The monoisotopic (exact) mass is 216 g/mol. The Labute approximate surface area is 95.5 Å². The van der Waals surface area contributed by atoms with Crippen molar-refractivity contribution in [3.63, 3.8) is 0 Å². The lowest BCUT2D eigenvalue weighted by atomic mass is 10.1. The molecule has 0 spiro atoms. The minimum Gasteiger partial charge on any atom is -0.481 e. The van der Waals surface area contributed by atoms with Crippen molar-refractivity contribution in [1.29, 1.82) is 0 Å². The average Bonchev–Trinajstić information content (AvgIpc) is 2.35. The van der Waals surface area contributed by atoms with E-state index >= 15 is 0 Å². The highest BCUT2D eigenvalue weighted by Crippen LogP contribution is 2.22. The lowest BCUT2D eigenvalue weighted by molar-refractivity contribution is 0.394. The van der Waals surface area contributed by atoms with Gasteiger partial charge in [0.15, 0.2) is 0 Å². The van der Waals surface area contributed by atoms with Crippen LogP contribution < -0.4 is 10.1 Å². The molecule has 1 heterocycles. The molecular weight excluding hydrogens is 200 g/mol. The molecule has 0 aliphatic rings. The molecule has 0 fully saturated rings. The number of hydrogen-bond donors (Lipinski definition) is 1. The maximum atomic E-state index is 5.31. The van der Waals surface area contributed by atoms with Gasteiger partial charge in [-0.15, -0.1) is 0 Å². The number of nitrogens with one attached hydrogen (secondary N) is 1. The molecule has 3 heteroatoms. The summed E-state index contributed by atoms with van der Waals surface area (Å²) in [5.74, 6) is 0.731. The Balaban J connectivity index is 2.45. The first kappa shape index (κ1) is 10.9. The van der Waals surface area contributed by atoms with Gasteiger partial charge in [0.1, 0.15) is 0 Å². The molecule has 84 valence electrons. The van der Waals surface area contributed by atoms with E-state index in [9.17, 15) is 0 Å². The van der Waals surface area contributed by atoms with E-state index in [4.69, 9.17) is 4.74 Å². The number of aromatic nitrogens is 1. The van der Waals surface area contributed by atoms with Gasteiger partial charge >= 0.3 is 0 Å². The van der Waals surface area contributed by atoms with Crippen LogP contribution in [0.25, 0.3) is 10.9 Å². The third kappa shape index (κ3) is 2.14. The number of para-hydroxylation sites is 1. The summed E-state index contributed by atoms with van der Waals surface area (Å²) in [5, 5.41) is 4.29. The van der Waals surface area contributed by atoms with Gasteiger partial charge in [-0.3, -0.25) is 0 Å². The predicted octanol–water partition coefficient (Wildman–Crippen LogP) is 2.01. The van der Waals surface area contributed by atoms with Crippen LogP contribution in [0, 0.1) is 0 Å². The van der Waals surface area contributed by atoms with E-state index in [0.717, 1.165) is 35.3 Å². The van der Waals surface area contributed by atoms with Gasteiger partial charge in [-0.05, 0) is 32.1 Å². The smallest absolute Gasteiger partial charge is 0.216 e. The second-order valence-corrected chi connectivity index (χ2v) is 3.70. The molecule has 0 atom stereocenters. The van der Waals surface area contributed by atoms with Crippen LogP contribution in [-0.2, 0) is 6.42 Å². The Hall–Kier alpha value is -1.61. The summed E-state index contributed by atoms with van der Waals surface area (Å²) in [4.78, 5) is 4.50. The first-order chi connectivity index (χ1) is 7.85. The van der Waals surface area contributed by atoms with Crippen LogP contribution in [-0.4, -0.2) is 25.7 Å². The maximum absolute atomic E-state index is 5.31. The molecule has 0 radical (unpaired) electrons. The summed E-state index contributed by atoms with van der Waals surface area (Å²) in [7, 11) is 3.61. The van der Waals surface area contributed by atoms with Gasteiger partial charge in [0, 0.05) is 10.9 Å². The predicted molar refractivity (Wildman–Crippen MR) is 65.9 cm³/mol. The standard InChI is InChI=1S/C13H16N2O/c1-14-8-7-11-9-10-5-3-4-6-12(10)15-13(11)16-2/h3-6,9,14H,7-8H2,1-2H3. The summed E-state index contributed by atoms with van der Waals surface area (Å²) < 4.78 is 5.31. The molecule has 0 bridgehead atoms. The summed E-state index contributed by atoms with van der Waals surface area (Å²) in [6.07, 6.45) is 0.928. The Morgan fingerprint density at radius 3 is 2.88 bits per heavy atom. The van der Waals surface area contributed by atoms with Crippen molar-refractivity contribution >= 4 is 10.9 Å². The van der Waals surface area contributed by atoms with Crippen LogP contribution in [0.2, 0.25) is 0 Å². The van der Waals surface area contributed by atoms with Crippen molar-refractivity contribution in [2.45, 2.75) is 6.42 Å². The van der Waals surface area contributed by atoms with Gasteiger partial charge < -0.3 is 10.1 Å². The zero-order valence-electron chi connectivity index (χ0n) is 9.66. The fourth-order valence-corrected chi connectivity index (χ4v) is 1.76. The van der Waals surface area contributed by atoms with E-state index in [1.807, 2.05) is 25.2 Å². The highest BCUT2D eigenvalue weighted by molar-refractivity contribution is 5.80. The third-order valence-corrected chi connectivity index (χ3v) is 2.60. The molecule has 1 N–H and O–H groups in total. The highest BCUT2D eigenvalue weighted by atomic mass is 16.5. The number of fused-ring (bicyclic) bond motifs is 1. The molecule has 1 aromatic carbocycles. The molecule has 0 amide bonds. The van der Waals surface area contributed by atoms with Crippen LogP contribution in [0.5, 0.6) is 5.88 Å². The first-order valence-corrected chi connectivity index (χ1v) is 5.42. The van der Waals surface area contributed by atoms with E-state index in [-0.39, 0.29) is 0 Å². The molecule has 0 saturated heterocycles. The molecular formula is C13H16N2O. The zero-order valence-corrected chi connectivity index (χ0v) is 9.66. The molecule has 16 heavy (non-hydrogen) atoms. The molecule has 0 saturated carbocycles. The quantitative estimate of drug-likeness (QED) is 0.848. The molecule has 0 aliphatic heterocycles. The second-order valence-electron chi connectivity index (χ2n) is 3.70. The van der Waals surface area contributed by atoms with Crippen LogP contribution >= 0.6 is 0 Å². The SMILES string of the molecule is CNCCc1cc2ccccc2nc1OC. The largest absolute Gasteiger partial charge is 0.481 e. The molecule has 2 aromatic rings. The minimum absolute atomic E-state index is 0.731. The van der Waals surface area contributed by atoms with E-state index < -0.39 is 0 Å². The van der Waals surface area contributed by atoms with Crippen molar-refractivity contribution < 1.29 is 4.74 Å². The van der Waals surface area contributed by atoms with E-state index in [0.29, 0.717) is 0 Å². The van der Waals surface area contributed by atoms with Gasteiger partial charge in [-0.25, -0.2) is 4.98 Å². The minimum atomic E-state index is 0.731. The Bertz CT molecular complexity index is 482. The maximum Gasteiger partial charge on any atom is 0.216 e. The lowest BCUT2D eigenvalue weighted by Gasteiger charge is -2.08. The Kier molecular flexibility index (Phi) is 3.37. The highest BCUT2D eigenvalue weighted by Gasteiger charge is 2.06. The molecule has 0 unspecified atom stereocenters. The lowest BCUT2D eigenvalue weighted by Crippen LogP contribution is -2.11. The number of likely N-dealkylation sites (N-methyl/N-ethyl adjacent to an activating group) is 1. The fourth-order valence-electron chi connectivity index (χ4n) is 1.76. The van der Waals surface area contributed by atoms with E-state index in [2.05, 4.69) is 22.4 Å². The normalized spacial score (nSPS) is 10.6. The number of pyridine rings is 1. The van der Waals surface area contributed by atoms with Gasteiger partial charge in [0.2, 0.25) is 5.88 Å². The number of hydrogen-bond acceptors (Lipinski definition) is 3. The fraction of sp³-hybridized carbons (Fsp3) is 0.308. The number of rotatable bonds is 4. The zero-order chi connectivity index (χ0) is 11.4. The van der Waals surface area contributed by atoms with Crippen LogP contribution in [0.4, 0.5) is 0 Å². The second kappa shape index (κ2) is 4.94.